The molecule has 0 unspecified atom stereocenters. The van der Waals surface area contributed by atoms with E-state index in [9.17, 15) is 29.1 Å². The zero-order valence-electron chi connectivity index (χ0n) is 26.9. The quantitative estimate of drug-likeness (QED) is 0.130. The average molecular weight is 617 g/mol. The van der Waals surface area contributed by atoms with Gasteiger partial charge in [0, 0.05) is 6.92 Å². The van der Waals surface area contributed by atoms with E-state index in [1.54, 1.807) is 41.5 Å². The molecule has 0 saturated carbocycles. The van der Waals surface area contributed by atoms with Crippen molar-refractivity contribution in [2.75, 3.05) is 13.7 Å². The first-order valence-electron chi connectivity index (χ1n) is 13.6. The van der Waals surface area contributed by atoms with Gasteiger partial charge in [-0.15, -0.1) is 0 Å². The van der Waals surface area contributed by atoms with Crippen molar-refractivity contribution < 1.29 is 52.8 Å². The average Bonchev–Trinajstić information content (AvgIpc) is 2.92. The van der Waals surface area contributed by atoms with Crippen LogP contribution in [0.2, 0.25) is 0 Å². The smallest absolute Gasteiger partial charge is 0.417 e. The van der Waals surface area contributed by atoms with Gasteiger partial charge in [0.2, 0.25) is 11.5 Å². The Morgan fingerprint density at radius 1 is 0.659 bits per heavy atom. The second-order valence-corrected chi connectivity index (χ2v) is 11.2. The first-order valence-corrected chi connectivity index (χ1v) is 13.6. The number of Topliss-reactive ketones (excluding diaryl/α,β-unsaturated/α-hetero) is 2. The van der Waals surface area contributed by atoms with Crippen LogP contribution in [0.4, 0.5) is 0 Å². The van der Waals surface area contributed by atoms with Crippen molar-refractivity contribution in [3.63, 3.8) is 0 Å². The van der Waals surface area contributed by atoms with Crippen molar-refractivity contribution in [2.24, 2.45) is 0 Å². The highest BCUT2D eigenvalue weighted by Gasteiger charge is 2.26. The Labute approximate surface area is 259 Å². The second kappa shape index (κ2) is 19.6. The number of ketones is 2. The van der Waals surface area contributed by atoms with E-state index in [4.69, 9.17) is 14.2 Å². The van der Waals surface area contributed by atoms with Gasteiger partial charge in [-0.3, -0.25) is 9.59 Å². The third kappa shape index (κ3) is 19.6. The molecule has 0 aromatic heterocycles. The summed E-state index contributed by atoms with van der Waals surface area (Å²) in [6.45, 7) is 13.5. The summed E-state index contributed by atoms with van der Waals surface area (Å²) in [6.07, 6.45) is 0. The van der Waals surface area contributed by atoms with E-state index in [2.05, 4.69) is 9.47 Å². The largest absolute Gasteiger partial charge is 0.499 e. The number of hydrogen-bond acceptors (Lipinski definition) is 11. The van der Waals surface area contributed by atoms with E-state index in [-0.39, 0.29) is 19.0 Å². The molecule has 0 saturated heterocycles. The van der Waals surface area contributed by atoms with Crippen LogP contribution in [-0.2, 0) is 60.9 Å². The van der Waals surface area contributed by atoms with Gasteiger partial charge in [-0.25, -0.2) is 14.4 Å². The van der Waals surface area contributed by atoms with E-state index >= 15 is 0 Å². The van der Waals surface area contributed by atoms with Crippen molar-refractivity contribution in [1.82, 2.24) is 0 Å². The number of aliphatic hydroxyl groups is 1. The highest BCUT2D eigenvalue weighted by atomic mass is 16.6. The Hall–Kier alpha value is -4.51. The van der Waals surface area contributed by atoms with Crippen LogP contribution in [0.3, 0.4) is 0 Å². The Morgan fingerprint density at radius 3 is 1.48 bits per heavy atom. The van der Waals surface area contributed by atoms with Gasteiger partial charge in [-0.2, -0.15) is 0 Å². The summed E-state index contributed by atoms with van der Waals surface area (Å²) in [5, 5.41) is 9.85. The number of allylic oxidation sites excluding steroid dienone is 1. The lowest BCUT2D eigenvalue weighted by atomic mass is 10.2. The van der Waals surface area contributed by atoms with Crippen molar-refractivity contribution in [1.29, 1.82) is 0 Å². The lowest BCUT2D eigenvalue weighted by molar-refractivity contribution is -0.173. The minimum Gasteiger partial charge on any atom is -0.499 e. The molecule has 0 aliphatic rings. The topological polar surface area (TPSA) is 152 Å². The molecule has 0 radical (unpaired) electrons. The predicted molar refractivity (Wildman–Crippen MR) is 162 cm³/mol. The molecule has 0 aliphatic heterocycles. The van der Waals surface area contributed by atoms with Crippen LogP contribution < -0.4 is 0 Å². The Balaban J connectivity index is 0.000000684. The van der Waals surface area contributed by atoms with Gasteiger partial charge in [-0.05, 0) is 59.6 Å². The van der Waals surface area contributed by atoms with E-state index in [0.717, 1.165) is 18.2 Å². The summed E-state index contributed by atoms with van der Waals surface area (Å²) in [4.78, 5) is 55.0. The molecular weight excluding hydrogens is 572 g/mol. The molecule has 0 heterocycles. The molecular formula is C33H44O11. The number of esters is 3. The summed E-state index contributed by atoms with van der Waals surface area (Å²) < 4.78 is 24.2. The van der Waals surface area contributed by atoms with Crippen molar-refractivity contribution in [3.8, 4) is 0 Å². The van der Waals surface area contributed by atoms with Gasteiger partial charge in [0.1, 0.15) is 24.4 Å². The highest BCUT2D eigenvalue weighted by molar-refractivity contribution is 6.29. The molecule has 0 bridgehead atoms. The number of hydrogen-bond donors (Lipinski definition) is 1. The SMILES string of the molecule is CC(=O)/C(OCc1ccccc1)=C(\O)C(=O)OC(C)(C)C.CC(=O)COCc1ccccc1.COC(=O)C(=O)OC(C)(C)C. The van der Waals surface area contributed by atoms with Gasteiger partial charge in [0.05, 0.1) is 13.7 Å². The zero-order chi connectivity index (χ0) is 33.9. The molecule has 2 aromatic rings. The van der Waals surface area contributed by atoms with E-state index in [1.165, 1.54) is 13.8 Å². The Bertz CT molecular complexity index is 1240. The van der Waals surface area contributed by atoms with Crippen LogP contribution in [0.25, 0.3) is 0 Å². The van der Waals surface area contributed by atoms with Gasteiger partial charge in [0.25, 0.3) is 0 Å². The number of ether oxygens (including phenoxy) is 5. The lowest BCUT2D eigenvalue weighted by Crippen LogP contribution is -2.29. The number of carbonyl (C=O) groups excluding carboxylic acids is 5. The number of methoxy groups -OCH3 is 1. The fourth-order valence-corrected chi connectivity index (χ4v) is 2.78. The number of rotatable bonds is 9. The third-order valence-electron chi connectivity index (χ3n) is 4.52. The summed E-state index contributed by atoms with van der Waals surface area (Å²) >= 11 is 0. The van der Waals surface area contributed by atoms with Crippen molar-refractivity contribution >= 4 is 29.5 Å². The molecule has 2 aromatic carbocycles. The van der Waals surface area contributed by atoms with Crippen LogP contribution in [0.5, 0.6) is 0 Å². The van der Waals surface area contributed by atoms with Gasteiger partial charge < -0.3 is 28.8 Å². The van der Waals surface area contributed by atoms with Crippen molar-refractivity contribution in [3.05, 3.63) is 83.3 Å². The van der Waals surface area contributed by atoms with Crippen LogP contribution >= 0.6 is 0 Å². The van der Waals surface area contributed by atoms with Crippen LogP contribution in [-0.4, -0.2) is 59.5 Å². The van der Waals surface area contributed by atoms with Gasteiger partial charge in [0.15, 0.2) is 11.6 Å². The van der Waals surface area contributed by atoms with Crippen LogP contribution in [0.1, 0.15) is 66.5 Å². The van der Waals surface area contributed by atoms with Crippen LogP contribution in [0.15, 0.2) is 72.2 Å². The maximum absolute atomic E-state index is 11.8. The minimum atomic E-state index is -0.985. The summed E-state index contributed by atoms with van der Waals surface area (Å²) in [6, 6.07) is 18.9. The van der Waals surface area contributed by atoms with E-state index < -0.39 is 46.4 Å². The lowest BCUT2D eigenvalue weighted by Gasteiger charge is -2.19. The molecule has 0 fully saturated rings. The molecule has 0 aliphatic carbocycles. The molecule has 0 amide bonds. The van der Waals surface area contributed by atoms with Crippen LogP contribution in [0, 0.1) is 0 Å². The maximum atomic E-state index is 11.8. The predicted octanol–water partition coefficient (Wildman–Crippen LogP) is 5.20. The zero-order valence-corrected chi connectivity index (χ0v) is 26.9. The highest BCUT2D eigenvalue weighted by Crippen LogP contribution is 2.15. The third-order valence-corrected chi connectivity index (χ3v) is 4.52. The maximum Gasteiger partial charge on any atom is 0.417 e. The fraction of sp³-hybridized carbons (Fsp3) is 0.424. The second-order valence-electron chi connectivity index (χ2n) is 11.2. The molecule has 2 rings (SSSR count). The molecule has 11 heteroatoms. The van der Waals surface area contributed by atoms with Gasteiger partial charge in [-0.1, -0.05) is 60.7 Å². The summed E-state index contributed by atoms with van der Waals surface area (Å²) in [5.74, 6) is -4.61. The first kappa shape index (κ1) is 39.5. The fourth-order valence-electron chi connectivity index (χ4n) is 2.78. The molecule has 44 heavy (non-hydrogen) atoms. The van der Waals surface area contributed by atoms with Gasteiger partial charge >= 0.3 is 17.9 Å². The Morgan fingerprint density at radius 2 is 1.09 bits per heavy atom. The minimum absolute atomic E-state index is 0.0610. The van der Waals surface area contributed by atoms with E-state index in [0.29, 0.717) is 6.61 Å². The first-order chi connectivity index (χ1) is 20.4. The summed E-state index contributed by atoms with van der Waals surface area (Å²) in [7, 11) is 1.13. The summed E-state index contributed by atoms with van der Waals surface area (Å²) in [5.41, 5.74) is 0.490. The molecule has 1 N–H and O–H groups in total. The molecule has 0 atom stereocenters. The standard InChI is InChI=1S/C16H20O5.C10H12O2.C7H12O4/c1-11(17)14(13(18)15(19)21-16(2,3)4)20-10-12-8-6-5-7-9-12;1-9(11)7-12-8-10-5-3-2-4-6-10;1-7(2,3)11-6(9)5(8)10-4/h5-9,18H,10H2,1-4H3;2-6H,7-8H2,1H3;1-4H3/b14-13+;;. The molecule has 11 nitrogen and oxygen atoms in total. The monoisotopic (exact) mass is 616 g/mol. The number of benzene rings is 2. The normalized spacial score (nSPS) is 11.2. The number of aliphatic hydroxyl groups excluding tert-OH is 1. The molecule has 0 spiro atoms. The molecule has 242 valence electrons. The van der Waals surface area contributed by atoms with E-state index in [1.807, 2.05) is 60.7 Å². The van der Waals surface area contributed by atoms with Crippen molar-refractivity contribution in [2.45, 2.75) is 79.8 Å². The number of carbonyl (C=O) groups is 5. The Kier molecular flexibility index (Phi) is 17.6.